The molecule has 2 amide bonds. The topological polar surface area (TPSA) is 61.4 Å². The van der Waals surface area contributed by atoms with E-state index in [0.29, 0.717) is 0 Å². The number of rotatable bonds is 8. The Morgan fingerprint density at radius 1 is 0.941 bits per heavy atom. The molecule has 1 saturated heterocycles. The van der Waals surface area contributed by atoms with Gasteiger partial charge in [-0.2, -0.15) is 0 Å². The average Bonchev–Trinajstić information content (AvgIpc) is 3.38. The third-order valence-corrected chi connectivity index (χ3v) is 8.27. The second kappa shape index (κ2) is 11.9. The molecule has 1 saturated carbocycles. The van der Waals surface area contributed by atoms with Gasteiger partial charge in [0.25, 0.3) is 0 Å². The molecule has 1 aliphatic heterocycles. The monoisotopic (exact) mass is 479 g/mol. The lowest BCUT2D eigenvalue weighted by molar-refractivity contribution is -0.139. The first-order chi connectivity index (χ1) is 16.6. The molecule has 34 heavy (non-hydrogen) atoms. The summed E-state index contributed by atoms with van der Waals surface area (Å²) >= 11 is 1.75. The molecule has 2 aromatic carbocycles. The zero-order valence-corrected chi connectivity index (χ0v) is 21.2. The van der Waals surface area contributed by atoms with Gasteiger partial charge in [0.1, 0.15) is 6.04 Å². The van der Waals surface area contributed by atoms with E-state index in [0.717, 1.165) is 45.1 Å². The van der Waals surface area contributed by atoms with Crippen LogP contribution in [0.1, 0.15) is 63.5 Å². The predicted molar refractivity (Wildman–Crippen MR) is 138 cm³/mol. The van der Waals surface area contributed by atoms with E-state index in [-0.39, 0.29) is 29.8 Å². The lowest BCUT2D eigenvalue weighted by Crippen LogP contribution is -2.55. The summed E-state index contributed by atoms with van der Waals surface area (Å²) in [7, 11) is 1.78. The molecule has 1 heterocycles. The minimum atomic E-state index is -0.439. The largest absolute Gasteiger partial charge is 0.343 e. The van der Waals surface area contributed by atoms with Gasteiger partial charge < -0.3 is 15.5 Å². The summed E-state index contributed by atoms with van der Waals surface area (Å²) in [5.41, 5.74) is 1.18. The lowest BCUT2D eigenvalue weighted by Gasteiger charge is -2.35. The molecule has 0 bridgehead atoms. The number of nitrogens with one attached hydrogen (secondary N) is 2. The summed E-state index contributed by atoms with van der Waals surface area (Å²) in [6.07, 6.45) is 7.45. The van der Waals surface area contributed by atoms with Crippen molar-refractivity contribution >= 4 is 23.6 Å². The minimum Gasteiger partial charge on any atom is -0.343 e. The van der Waals surface area contributed by atoms with E-state index in [1.807, 2.05) is 17.9 Å². The van der Waals surface area contributed by atoms with E-state index < -0.39 is 6.04 Å². The fourth-order valence-corrected chi connectivity index (χ4v) is 6.13. The highest BCUT2D eigenvalue weighted by Gasteiger charge is 2.39. The second-order valence-corrected chi connectivity index (χ2v) is 10.7. The van der Waals surface area contributed by atoms with Crippen LogP contribution in [-0.2, 0) is 9.59 Å². The number of likely N-dealkylation sites (tertiary alicyclic amines) is 1. The molecule has 2 N–H and O–H groups in total. The normalized spacial score (nSPS) is 20.6. The van der Waals surface area contributed by atoms with Crippen molar-refractivity contribution < 1.29 is 9.59 Å². The molecule has 182 valence electrons. The molecule has 0 spiro atoms. The molecule has 0 unspecified atom stereocenters. The van der Waals surface area contributed by atoms with E-state index in [9.17, 15) is 9.59 Å². The molecule has 2 fully saturated rings. The van der Waals surface area contributed by atoms with E-state index >= 15 is 0 Å². The molecule has 2 aromatic rings. The third kappa shape index (κ3) is 6.02. The zero-order chi connectivity index (χ0) is 23.9. The molecule has 1 aliphatic carbocycles. The van der Waals surface area contributed by atoms with Crippen LogP contribution in [0.15, 0.2) is 64.4 Å². The Bertz CT molecular complexity index is 961. The Morgan fingerprint density at radius 2 is 1.68 bits per heavy atom. The van der Waals surface area contributed by atoms with Crippen molar-refractivity contribution in [1.82, 2.24) is 15.5 Å². The van der Waals surface area contributed by atoms with Crippen LogP contribution in [0.25, 0.3) is 0 Å². The maximum Gasteiger partial charge on any atom is 0.245 e. The predicted octanol–water partition coefficient (Wildman–Crippen LogP) is 5.17. The second-order valence-electron chi connectivity index (χ2n) is 9.57. The number of hydrogen-bond acceptors (Lipinski definition) is 4. The van der Waals surface area contributed by atoms with Crippen LogP contribution < -0.4 is 10.6 Å². The smallest absolute Gasteiger partial charge is 0.245 e. The first-order valence-corrected chi connectivity index (χ1v) is 13.5. The van der Waals surface area contributed by atoms with Gasteiger partial charge in [-0.3, -0.25) is 9.59 Å². The first kappa shape index (κ1) is 24.8. The lowest BCUT2D eigenvalue weighted by atomic mass is 9.83. The number of likely N-dealkylation sites (N-methyl/N-ethyl adjacent to an activating group) is 1. The molecule has 4 rings (SSSR count). The number of hydrogen-bond donors (Lipinski definition) is 2. The van der Waals surface area contributed by atoms with Crippen molar-refractivity contribution in [3.63, 3.8) is 0 Å². The number of carbonyl (C=O) groups excluding carboxylic acids is 2. The molecule has 6 heteroatoms. The van der Waals surface area contributed by atoms with Crippen LogP contribution in [0.2, 0.25) is 0 Å². The zero-order valence-electron chi connectivity index (χ0n) is 20.3. The average molecular weight is 480 g/mol. The van der Waals surface area contributed by atoms with Crippen LogP contribution in [0.5, 0.6) is 0 Å². The molecule has 3 atom stereocenters. The summed E-state index contributed by atoms with van der Waals surface area (Å²) in [6.45, 7) is 2.59. The van der Waals surface area contributed by atoms with Crippen molar-refractivity contribution in [2.75, 3.05) is 13.6 Å². The van der Waals surface area contributed by atoms with Crippen molar-refractivity contribution in [3.8, 4) is 0 Å². The standard InChI is InChI=1S/C28H37N3O2S/c1-20(29-2)27(32)30-26(21-11-5-3-6-12-21)28(33)31-18-10-17-25(31)22-13-9-16-24(19-22)34-23-14-7-4-8-15-23/h4,7-9,13-16,19-21,25-26,29H,3,5-6,10-12,17-18H2,1-2H3,(H,30,32)/t20-,25+,26-/m0/s1. The van der Waals surface area contributed by atoms with Crippen LogP contribution in [0.4, 0.5) is 0 Å². The first-order valence-electron chi connectivity index (χ1n) is 12.7. The van der Waals surface area contributed by atoms with Gasteiger partial charge in [-0.05, 0) is 75.4 Å². The number of amides is 2. The van der Waals surface area contributed by atoms with E-state index in [4.69, 9.17) is 0 Å². The van der Waals surface area contributed by atoms with Crippen LogP contribution >= 0.6 is 11.8 Å². The quantitative estimate of drug-likeness (QED) is 0.548. The van der Waals surface area contributed by atoms with Gasteiger partial charge in [-0.1, -0.05) is 61.4 Å². The van der Waals surface area contributed by atoms with Gasteiger partial charge in [0.15, 0.2) is 0 Å². The Labute approximate surface area is 208 Å². The van der Waals surface area contributed by atoms with Gasteiger partial charge in [-0.15, -0.1) is 0 Å². The van der Waals surface area contributed by atoms with Gasteiger partial charge >= 0.3 is 0 Å². The van der Waals surface area contributed by atoms with Crippen molar-refractivity contribution in [1.29, 1.82) is 0 Å². The Morgan fingerprint density at radius 3 is 2.41 bits per heavy atom. The van der Waals surface area contributed by atoms with E-state index in [2.05, 4.69) is 59.2 Å². The summed E-state index contributed by atoms with van der Waals surface area (Å²) < 4.78 is 0. The van der Waals surface area contributed by atoms with Gasteiger partial charge in [0, 0.05) is 16.3 Å². The van der Waals surface area contributed by atoms with Crippen LogP contribution in [0, 0.1) is 5.92 Å². The summed E-state index contributed by atoms with van der Waals surface area (Å²) in [6, 6.07) is 18.3. The summed E-state index contributed by atoms with van der Waals surface area (Å²) in [5.74, 6) is 0.214. The molecule has 0 aromatic heterocycles. The van der Waals surface area contributed by atoms with Crippen molar-refractivity contribution in [2.24, 2.45) is 5.92 Å². The van der Waals surface area contributed by atoms with Gasteiger partial charge in [0.05, 0.1) is 12.1 Å². The minimum absolute atomic E-state index is 0.0635. The highest BCUT2D eigenvalue weighted by molar-refractivity contribution is 7.99. The Hall–Kier alpha value is -2.31. The van der Waals surface area contributed by atoms with Crippen molar-refractivity contribution in [2.45, 2.75) is 79.8 Å². The van der Waals surface area contributed by atoms with E-state index in [1.165, 1.54) is 21.8 Å². The Balaban J connectivity index is 1.53. The number of carbonyl (C=O) groups is 2. The van der Waals surface area contributed by atoms with Crippen molar-refractivity contribution in [3.05, 3.63) is 60.2 Å². The van der Waals surface area contributed by atoms with Crippen LogP contribution in [-0.4, -0.2) is 42.4 Å². The third-order valence-electron chi connectivity index (χ3n) is 7.27. The highest BCUT2D eigenvalue weighted by atomic mass is 32.2. The Kier molecular flexibility index (Phi) is 8.68. The van der Waals surface area contributed by atoms with Gasteiger partial charge in [0.2, 0.25) is 11.8 Å². The SMILES string of the molecule is CN[C@@H](C)C(=O)N[C@H](C(=O)N1CCC[C@@H]1c1cccc(Sc2ccccc2)c1)C1CCCCC1. The molecule has 2 aliphatic rings. The molecule has 0 radical (unpaired) electrons. The molecular weight excluding hydrogens is 442 g/mol. The number of benzene rings is 2. The fraction of sp³-hybridized carbons (Fsp3) is 0.500. The maximum atomic E-state index is 13.9. The molecule has 5 nitrogen and oxygen atoms in total. The number of nitrogens with zero attached hydrogens (tertiary/aromatic N) is 1. The summed E-state index contributed by atoms with van der Waals surface area (Å²) in [5, 5.41) is 6.14. The highest BCUT2D eigenvalue weighted by Crippen LogP contribution is 2.37. The maximum absolute atomic E-state index is 13.9. The fourth-order valence-electron chi connectivity index (χ4n) is 5.22. The van der Waals surface area contributed by atoms with Gasteiger partial charge in [-0.25, -0.2) is 0 Å². The van der Waals surface area contributed by atoms with E-state index in [1.54, 1.807) is 18.8 Å². The summed E-state index contributed by atoms with van der Waals surface area (Å²) in [4.78, 5) is 31.1. The molecular formula is C28H37N3O2S. The van der Waals surface area contributed by atoms with Crippen LogP contribution in [0.3, 0.4) is 0 Å².